The molecule has 0 aliphatic carbocycles. The Kier molecular flexibility index (Phi) is 4.23. The van der Waals surface area contributed by atoms with E-state index in [0.717, 1.165) is 0 Å². The van der Waals surface area contributed by atoms with Crippen LogP contribution in [-0.2, 0) is 0 Å². The summed E-state index contributed by atoms with van der Waals surface area (Å²) < 4.78 is 0. The molecule has 1 aromatic rings. The first-order valence-corrected chi connectivity index (χ1v) is 4.87. The van der Waals surface area contributed by atoms with E-state index in [1.807, 2.05) is 0 Å². The first-order valence-electron chi connectivity index (χ1n) is 4.87. The quantitative estimate of drug-likeness (QED) is 0.522. The molecule has 1 heterocycles. The Morgan fingerprint density at radius 1 is 0.650 bits per heavy atom. The summed E-state index contributed by atoms with van der Waals surface area (Å²) in [7, 11) is 0. The van der Waals surface area contributed by atoms with Crippen LogP contribution < -0.4 is 10.7 Å². The van der Waals surface area contributed by atoms with Crippen LogP contribution in [0.4, 0.5) is 0 Å². The zero-order valence-electron chi connectivity index (χ0n) is 9.21. The van der Waals surface area contributed by atoms with Crippen molar-refractivity contribution < 1.29 is 0 Å². The van der Waals surface area contributed by atoms with Gasteiger partial charge >= 0.3 is 18.9 Å². The molecule has 8 heteroatoms. The van der Waals surface area contributed by atoms with Gasteiger partial charge in [0.05, 0.1) is 22.3 Å². The zero-order valence-corrected chi connectivity index (χ0v) is 9.21. The second-order valence-corrected chi connectivity index (χ2v) is 3.41. The summed E-state index contributed by atoms with van der Waals surface area (Å²) in [4.78, 5) is 7.74. The van der Waals surface area contributed by atoms with Gasteiger partial charge < -0.3 is 0 Å². The van der Waals surface area contributed by atoms with E-state index >= 15 is 0 Å². The molecular formula is C12H2LiN7. The maximum atomic E-state index is 9.08. The number of benzene rings is 1. The van der Waals surface area contributed by atoms with E-state index in [0.29, 0.717) is 0 Å². The molecule has 0 atom stereocenters. The molecule has 86 valence electrons. The van der Waals surface area contributed by atoms with Gasteiger partial charge in [0, 0.05) is 0 Å². The van der Waals surface area contributed by atoms with Crippen LogP contribution in [-0.4, -0.2) is 25.0 Å². The monoisotopic (exact) mass is 251 g/mol. The number of nitrogens with zero attached hydrogens (tertiary/aromatic N) is 7. The van der Waals surface area contributed by atoms with Gasteiger partial charge in [-0.25, -0.2) is 9.98 Å². The van der Waals surface area contributed by atoms with Crippen molar-refractivity contribution in [3.05, 3.63) is 33.0 Å². The fourth-order valence-corrected chi connectivity index (χ4v) is 1.75. The number of fused-ring (bicyclic) bond motifs is 1. The molecule has 20 heavy (non-hydrogen) atoms. The second-order valence-electron chi connectivity index (χ2n) is 3.41. The van der Waals surface area contributed by atoms with E-state index in [1.165, 1.54) is 0 Å². The third-order valence-corrected chi connectivity index (χ3v) is 2.51. The Hall–Kier alpha value is -3.13. The number of rotatable bonds is 0. The van der Waals surface area contributed by atoms with Crippen LogP contribution in [0.25, 0.3) is 0 Å². The van der Waals surface area contributed by atoms with Crippen LogP contribution in [0.2, 0.25) is 0 Å². The molecule has 0 aromatic heterocycles. The topological polar surface area (TPSA) is 144 Å². The van der Waals surface area contributed by atoms with Gasteiger partial charge in [-0.3, -0.25) is 0 Å². The van der Waals surface area contributed by atoms with Crippen LogP contribution in [0.15, 0.2) is 9.98 Å². The minimum atomic E-state index is -1.06. The number of nitriles is 5. The first kappa shape index (κ1) is 14.9. The molecule has 0 unspecified atom stereocenters. The average Bonchev–Trinajstić information content (AvgIpc) is 2.87. The van der Waals surface area contributed by atoms with E-state index in [4.69, 9.17) is 26.3 Å². The maximum absolute atomic E-state index is 9.08. The van der Waals surface area contributed by atoms with Gasteiger partial charge in [0.2, 0.25) is 6.17 Å². The molecule has 1 aliphatic heterocycles. The molecule has 0 amide bonds. The number of hydrogen-bond acceptors (Lipinski definition) is 7. The van der Waals surface area contributed by atoms with Gasteiger partial charge in [-0.1, -0.05) is 0 Å². The van der Waals surface area contributed by atoms with Crippen LogP contribution in [0.3, 0.4) is 0 Å². The SMILES string of the molecule is N#Cc1c(C#N)c(C#N)c2c(c1C#N)=NC(C#N)N=2.[LiH]. The Labute approximate surface area is 125 Å². The molecular weight excluding hydrogens is 249 g/mol. The van der Waals surface area contributed by atoms with E-state index in [1.54, 1.807) is 30.3 Å². The molecule has 0 saturated heterocycles. The first-order chi connectivity index (χ1) is 9.21. The zero-order chi connectivity index (χ0) is 14.0. The molecule has 1 aliphatic rings. The van der Waals surface area contributed by atoms with Gasteiger partial charge in [0.25, 0.3) is 0 Å². The Balaban J connectivity index is 0.00000200. The molecule has 0 N–H and O–H groups in total. The summed E-state index contributed by atoms with van der Waals surface area (Å²) >= 11 is 0. The van der Waals surface area contributed by atoms with Crippen molar-refractivity contribution in [2.75, 3.05) is 0 Å². The van der Waals surface area contributed by atoms with Crippen molar-refractivity contribution in [2.45, 2.75) is 6.17 Å². The van der Waals surface area contributed by atoms with Crippen LogP contribution in [0, 0.1) is 56.7 Å². The van der Waals surface area contributed by atoms with Crippen molar-refractivity contribution in [3.8, 4) is 30.3 Å². The molecule has 0 spiro atoms. The summed E-state index contributed by atoms with van der Waals surface area (Å²) in [6, 6.07) is 8.76. The van der Waals surface area contributed by atoms with Gasteiger partial charge in [-0.05, 0) is 0 Å². The van der Waals surface area contributed by atoms with E-state index in [9.17, 15) is 0 Å². The van der Waals surface area contributed by atoms with Gasteiger partial charge in [0.15, 0.2) is 0 Å². The van der Waals surface area contributed by atoms with Gasteiger partial charge in [-0.2, -0.15) is 26.3 Å². The van der Waals surface area contributed by atoms with Crippen LogP contribution >= 0.6 is 0 Å². The van der Waals surface area contributed by atoms with Crippen molar-refractivity contribution >= 4 is 18.9 Å². The molecule has 0 radical (unpaired) electrons. The predicted molar refractivity (Wildman–Crippen MR) is 64.2 cm³/mol. The molecule has 1 aromatic carbocycles. The normalized spacial score (nSPS) is 10.9. The summed E-state index contributed by atoms with van der Waals surface area (Å²) in [5, 5.41) is 45.1. The predicted octanol–water partition coefficient (Wildman–Crippen LogP) is -1.37. The minimum absolute atomic E-state index is 0. The average molecular weight is 251 g/mol. The van der Waals surface area contributed by atoms with Gasteiger partial charge in [0.1, 0.15) is 41.1 Å². The van der Waals surface area contributed by atoms with Crippen molar-refractivity contribution in [3.63, 3.8) is 0 Å². The van der Waals surface area contributed by atoms with Crippen molar-refractivity contribution in [1.29, 1.82) is 26.3 Å². The van der Waals surface area contributed by atoms with Crippen molar-refractivity contribution in [1.82, 2.24) is 0 Å². The third-order valence-electron chi connectivity index (χ3n) is 2.51. The van der Waals surface area contributed by atoms with Crippen LogP contribution in [0.5, 0.6) is 0 Å². The Morgan fingerprint density at radius 3 is 1.25 bits per heavy atom. The summed E-state index contributed by atoms with van der Waals surface area (Å²) in [5.41, 5.74) is -0.681. The summed E-state index contributed by atoms with van der Waals surface area (Å²) in [5.74, 6) is 0. The fourth-order valence-electron chi connectivity index (χ4n) is 1.75. The third kappa shape index (κ3) is 1.89. The van der Waals surface area contributed by atoms with E-state index in [-0.39, 0.29) is 51.8 Å². The van der Waals surface area contributed by atoms with Crippen LogP contribution in [0.1, 0.15) is 22.3 Å². The molecule has 0 fully saturated rings. The summed E-state index contributed by atoms with van der Waals surface area (Å²) in [6.07, 6.45) is -1.06. The number of hydrogen-bond donors (Lipinski definition) is 0. The Morgan fingerprint density at radius 2 is 1.00 bits per heavy atom. The second kappa shape index (κ2) is 5.67. The van der Waals surface area contributed by atoms with E-state index < -0.39 is 6.17 Å². The van der Waals surface area contributed by atoms with Gasteiger partial charge in [-0.15, -0.1) is 0 Å². The summed E-state index contributed by atoms with van der Waals surface area (Å²) in [6.45, 7) is 0. The Bertz CT molecular complexity index is 855. The van der Waals surface area contributed by atoms with Crippen molar-refractivity contribution in [2.24, 2.45) is 9.98 Å². The molecule has 2 rings (SSSR count). The standard InChI is InChI=1S/C12HN7.Li.H/c13-1-6-7(2-14)9(4-16)12-11(8(6)3-15)18-10(5-17)19-12;;/h10H;;. The molecule has 0 bridgehead atoms. The fraction of sp³-hybridized carbons (Fsp3) is 0.0833. The molecule has 7 nitrogen and oxygen atoms in total. The van der Waals surface area contributed by atoms with E-state index in [2.05, 4.69) is 9.98 Å². The molecule has 0 saturated carbocycles.